The van der Waals surface area contributed by atoms with Crippen LogP contribution in [0, 0.1) is 0 Å². The number of ether oxygens (including phenoxy) is 3. The second-order valence-electron chi connectivity index (χ2n) is 5.72. The molecule has 0 fully saturated rings. The van der Waals surface area contributed by atoms with Crippen LogP contribution < -0.4 is 14.8 Å². The summed E-state index contributed by atoms with van der Waals surface area (Å²) in [7, 11) is 0. The molecule has 0 saturated heterocycles. The van der Waals surface area contributed by atoms with Gasteiger partial charge in [0.2, 0.25) is 0 Å². The second-order valence-corrected chi connectivity index (χ2v) is 5.72. The first-order valence-electron chi connectivity index (χ1n) is 8.17. The average Bonchev–Trinajstić information content (AvgIpc) is 3.17. The Morgan fingerprint density at radius 3 is 2.85 bits per heavy atom. The summed E-state index contributed by atoms with van der Waals surface area (Å²) in [5.41, 5.74) is 1.16. The molecule has 2 N–H and O–H groups in total. The van der Waals surface area contributed by atoms with E-state index in [2.05, 4.69) is 25.3 Å². The number of aromatic amines is 1. The fourth-order valence-corrected chi connectivity index (χ4v) is 2.53. The fourth-order valence-electron chi connectivity index (χ4n) is 2.53. The molecule has 0 radical (unpaired) electrons. The van der Waals surface area contributed by atoms with Crippen molar-refractivity contribution in [3.63, 3.8) is 0 Å². The number of nitrogens with zero attached hydrogens (tertiary/aromatic N) is 3. The molecule has 138 valence electrons. The third kappa shape index (κ3) is 3.36. The summed E-state index contributed by atoms with van der Waals surface area (Å²) in [4.78, 5) is 39.5. The molecular formula is C17H15N5O5. The Labute approximate surface area is 152 Å². The molecule has 10 heteroatoms. The van der Waals surface area contributed by atoms with Gasteiger partial charge in [0.05, 0.1) is 11.9 Å². The summed E-state index contributed by atoms with van der Waals surface area (Å²) in [6, 6.07) is 4.71. The summed E-state index contributed by atoms with van der Waals surface area (Å²) < 4.78 is 16.1. The number of fused-ring (bicyclic) bond motifs is 2. The highest BCUT2D eigenvalue weighted by Crippen LogP contribution is 2.31. The van der Waals surface area contributed by atoms with E-state index in [9.17, 15) is 9.59 Å². The Kier molecular flexibility index (Phi) is 4.29. The highest BCUT2D eigenvalue weighted by atomic mass is 16.6. The molecule has 0 spiro atoms. The average molecular weight is 369 g/mol. The summed E-state index contributed by atoms with van der Waals surface area (Å²) in [6.07, 6.45) is 1.68. The molecule has 1 aliphatic heterocycles. The number of carbonyl (C=O) groups is 2. The molecule has 0 saturated carbocycles. The Balaban J connectivity index is 1.43. The van der Waals surface area contributed by atoms with Crippen molar-refractivity contribution in [1.82, 2.24) is 19.9 Å². The molecule has 27 heavy (non-hydrogen) atoms. The zero-order valence-corrected chi connectivity index (χ0v) is 14.3. The number of anilines is 1. The molecule has 0 bridgehead atoms. The van der Waals surface area contributed by atoms with Gasteiger partial charge in [-0.3, -0.25) is 4.79 Å². The van der Waals surface area contributed by atoms with Gasteiger partial charge in [-0.15, -0.1) is 0 Å². The van der Waals surface area contributed by atoms with Gasteiger partial charge in [-0.2, -0.15) is 0 Å². The second kappa shape index (κ2) is 6.90. The van der Waals surface area contributed by atoms with Crippen LogP contribution >= 0.6 is 0 Å². The van der Waals surface area contributed by atoms with E-state index in [1.165, 1.54) is 25.6 Å². The summed E-state index contributed by atoms with van der Waals surface area (Å²) >= 11 is 0. The van der Waals surface area contributed by atoms with Crippen LogP contribution in [0.25, 0.3) is 11.2 Å². The first-order chi connectivity index (χ1) is 13.1. The standard InChI is InChI=1S/C17H15N5O5/c1-9(16(23)22-15-13-14(19-7-18-13)20-8-21-15)27-17(24)10-2-3-11-12(6-10)26-5-4-25-11/h2-3,6-9H,4-5H2,1H3,(H2,18,19,20,21,22,23). The van der Waals surface area contributed by atoms with Crippen LogP contribution in [0.3, 0.4) is 0 Å². The van der Waals surface area contributed by atoms with E-state index in [-0.39, 0.29) is 11.4 Å². The molecule has 10 nitrogen and oxygen atoms in total. The first-order valence-corrected chi connectivity index (χ1v) is 8.17. The summed E-state index contributed by atoms with van der Waals surface area (Å²) in [5.74, 6) is 0.107. The topological polar surface area (TPSA) is 128 Å². The van der Waals surface area contributed by atoms with Gasteiger partial charge in [-0.1, -0.05) is 0 Å². The maximum atomic E-state index is 12.3. The lowest BCUT2D eigenvalue weighted by Crippen LogP contribution is -2.30. The minimum Gasteiger partial charge on any atom is -0.486 e. The van der Waals surface area contributed by atoms with E-state index >= 15 is 0 Å². The van der Waals surface area contributed by atoms with Crippen LogP contribution in [0.1, 0.15) is 17.3 Å². The lowest BCUT2D eigenvalue weighted by molar-refractivity contribution is -0.123. The monoisotopic (exact) mass is 369 g/mol. The molecule has 1 aliphatic rings. The number of H-pyrrole nitrogens is 1. The van der Waals surface area contributed by atoms with E-state index in [4.69, 9.17) is 14.2 Å². The summed E-state index contributed by atoms with van der Waals surface area (Å²) in [6.45, 7) is 2.34. The Hall–Kier alpha value is -3.69. The first kappa shape index (κ1) is 16.8. The van der Waals surface area contributed by atoms with Crippen molar-refractivity contribution in [3.8, 4) is 11.5 Å². The van der Waals surface area contributed by atoms with Gasteiger partial charge in [0.15, 0.2) is 29.1 Å². The van der Waals surface area contributed by atoms with Crippen molar-refractivity contribution in [1.29, 1.82) is 0 Å². The molecule has 0 aliphatic carbocycles. The summed E-state index contributed by atoms with van der Waals surface area (Å²) in [5, 5.41) is 2.59. The Morgan fingerprint density at radius 2 is 2.00 bits per heavy atom. The lowest BCUT2D eigenvalue weighted by atomic mass is 10.2. The van der Waals surface area contributed by atoms with Crippen LogP contribution in [0.5, 0.6) is 11.5 Å². The van der Waals surface area contributed by atoms with Crippen molar-refractivity contribution in [2.45, 2.75) is 13.0 Å². The molecule has 3 aromatic rings. The number of hydrogen-bond acceptors (Lipinski definition) is 8. The predicted molar refractivity (Wildman–Crippen MR) is 92.6 cm³/mol. The third-order valence-corrected chi connectivity index (χ3v) is 3.90. The van der Waals surface area contributed by atoms with Gasteiger partial charge in [-0.25, -0.2) is 19.7 Å². The predicted octanol–water partition coefficient (Wildman–Crippen LogP) is 1.31. The molecule has 1 atom stereocenters. The molecule has 3 heterocycles. The Morgan fingerprint density at radius 1 is 1.19 bits per heavy atom. The van der Waals surface area contributed by atoms with Crippen LogP contribution in [-0.2, 0) is 9.53 Å². The molecule has 1 aromatic carbocycles. The van der Waals surface area contributed by atoms with Gasteiger partial charge in [0, 0.05) is 0 Å². The third-order valence-electron chi connectivity index (χ3n) is 3.90. The van der Waals surface area contributed by atoms with Crippen LogP contribution in [-0.4, -0.2) is 51.1 Å². The van der Waals surface area contributed by atoms with Crippen molar-refractivity contribution in [2.24, 2.45) is 0 Å². The van der Waals surface area contributed by atoms with E-state index in [1.807, 2.05) is 0 Å². The molecule has 1 unspecified atom stereocenters. The molecule has 4 rings (SSSR count). The zero-order chi connectivity index (χ0) is 18.8. The van der Waals surface area contributed by atoms with E-state index in [0.717, 1.165) is 0 Å². The number of esters is 1. The van der Waals surface area contributed by atoms with Crippen molar-refractivity contribution in [2.75, 3.05) is 18.5 Å². The lowest BCUT2D eigenvalue weighted by Gasteiger charge is -2.19. The number of aromatic nitrogens is 4. The number of imidazole rings is 1. The minimum absolute atomic E-state index is 0.254. The van der Waals surface area contributed by atoms with Gasteiger partial charge < -0.3 is 24.5 Å². The van der Waals surface area contributed by atoms with Crippen molar-refractivity contribution >= 4 is 28.9 Å². The minimum atomic E-state index is -1.04. The highest BCUT2D eigenvalue weighted by molar-refractivity contribution is 6.00. The number of carbonyl (C=O) groups excluding carboxylic acids is 2. The van der Waals surface area contributed by atoms with E-state index < -0.39 is 18.0 Å². The van der Waals surface area contributed by atoms with Crippen LogP contribution in [0.4, 0.5) is 5.82 Å². The van der Waals surface area contributed by atoms with Crippen molar-refractivity contribution in [3.05, 3.63) is 36.4 Å². The quantitative estimate of drug-likeness (QED) is 0.659. The molecule has 1 amide bonds. The van der Waals surface area contributed by atoms with E-state index in [1.54, 1.807) is 12.1 Å². The van der Waals surface area contributed by atoms with Crippen LogP contribution in [0.15, 0.2) is 30.9 Å². The normalized spacial score (nSPS) is 13.8. The number of rotatable bonds is 4. The number of hydrogen-bond donors (Lipinski definition) is 2. The van der Waals surface area contributed by atoms with Gasteiger partial charge in [0.25, 0.3) is 5.91 Å². The molecule has 2 aromatic heterocycles. The number of amides is 1. The van der Waals surface area contributed by atoms with Gasteiger partial charge >= 0.3 is 5.97 Å². The highest BCUT2D eigenvalue weighted by Gasteiger charge is 2.22. The van der Waals surface area contributed by atoms with Gasteiger partial charge in [-0.05, 0) is 25.1 Å². The fraction of sp³-hybridized carbons (Fsp3) is 0.235. The maximum absolute atomic E-state index is 12.3. The number of nitrogens with one attached hydrogen (secondary N) is 2. The van der Waals surface area contributed by atoms with Crippen molar-refractivity contribution < 1.29 is 23.8 Å². The number of benzene rings is 1. The van der Waals surface area contributed by atoms with Gasteiger partial charge in [0.1, 0.15) is 25.1 Å². The maximum Gasteiger partial charge on any atom is 0.339 e. The van der Waals surface area contributed by atoms with Crippen LogP contribution in [0.2, 0.25) is 0 Å². The molecular weight excluding hydrogens is 354 g/mol. The largest absolute Gasteiger partial charge is 0.486 e. The van der Waals surface area contributed by atoms with E-state index in [0.29, 0.717) is 35.9 Å². The SMILES string of the molecule is CC(OC(=O)c1ccc2c(c1)OCCO2)C(=O)Nc1ncnc2nc[nH]c12. The smallest absolute Gasteiger partial charge is 0.339 e. The zero-order valence-electron chi connectivity index (χ0n) is 14.3. The Bertz CT molecular complexity index is 1020.